The Morgan fingerprint density at radius 2 is 1.96 bits per heavy atom. The second-order valence-corrected chi connectivity index (χ2v) is 13.1. The average Bonchev–Trinajstić information content (AvgIpc) is 3.51. The molecule has 2 atom stereocenters. The van der Waals surface area contributed by atoms with Crippen LogP contribution in [0.5, 0.6) is 6.01 Å². The SMILES string of the molecule is Cn1nc2cccc3c2c1CCCN(CC1CC1)C(=O)[C@@H]1C[C@@H](CN1c1ncnc2c1cnn2-c1ccc(F)cc1F)Oc1nccc-3n1. The lowest BCUT2D eigenvalue weighted by molar-refractivity contribution is -0.133. The third kappa shape index (κ3) is 5.22. The molecule has 0 N–H and O–H groups in total. The van der Waals surface area contributed by atoms with Crippen LogP contribution in [-0.2, 0) is 18.3 Å². The fraction of sp³-hybridized carbons (Fsp3) is 0.343. The Balaban J connectivity index is 1.13. The summed E-state index contributed by atoms with van der Waals surface area (Å²) in [6, 6.07) is 10.8. The maximum atomic E-state index is 14.8. The molecule has 12 nitrogen and oxygen atoms in total. The van der Waals surface area contributed by atoms with Gasteiger partial charge in [0, 0.05) is 55.5 Å². The Labute approximate surface area is 279 Å². The minimum atomic E-state index is -0.770. The third-order valence-corrected chi connectivity index (χ3v) is 9.79. The van der Waals surface area contributed by atoms with Gasteiger partial charge in [-0.15, -0.1) is 0 Å². The van der Waals surface area contributed by atoms with E-state index in [0.717, 1.165) is 59.6 Å². The Morgan fingerprint density at radius 1 is 1.06 bits per heavy atom. The van der Waals surface area contributed by atoms with Gasteiger partial charge in [-0.1, -0.05) is 12.1 Å². The van der Waals surface area contributed by atoms with Crippen molar-refractivity contribution >= 4 is 33.7 Å². The van der Waals surface area contributed by atoms with E-state index in [1.165, 1.54) is 23.1 Å². The highest BCUT2D eigenvalue weighted by Gasteiger charge is 2.43. The van der Waals surface area contributed by atoms with E-state index >= 15 is 0 Å². The predicted octanol–water partition coefficient (Wildman–Crippen LogP) is 4.65. The zero-order valence-corrected chi connectivity index (χ0v) is 26.7. The number of fused-ring (bicyclic) bond motifs is 6. The quantitative estimate of drug-likeness (QED) is 0.266. The van der Waals surface area contributed by atoms with Crippen molar-refractivity contribution in [2.75, 3.05) is 24.5 Å². The Kier molecular flexibility index (Phi) is 6.99. The number of ether oxygens (including phenoxy) is 1. The number of anilines is 1. The van der Waals surface area contributed by atoms with Crippen LogP contribution in [0.4, 0.5) is 14.6 Å². The maximum Gasteiger partial charge on any atom is 0.317 e. The number of aryl methyl sites for hydroxylation is 2. The largest absolute Gasteiger partial charge is 0.458 e. The van der Waals surface area contributed by atoms with E-state index in [0.29, 0.717) is 48.8 Å². The highest BCUT2D eigenvalue weighted by atomic mass is 19.1. The van der Waals surface area contributed by atoms with Gasteiger partial charge in [-0.3, -0.25) is 9.48 Å². The number of carbonyl (C=O) groups is 1. The average molecular weight is 663 g/mol. The van der Waals surface area contributed by atoms with Gasteiger partial charge in [0.25, 0.3) is 0 Å². The molecule has 14 heteroatoms. The van der Waals surface area contributed by atoms with E-state index in [2.05, 4.69) is 20.1 Å². The lowest BCUT2D eigenvalue weighted by Gasteiger charge is -2.31. The maximum absolute atomic E-state index is 14.8. The molecule has 1 saturated heterocycles. The summed E-state index contributed by atoms with van der Waals surface area (Å²) in [5, 5.41) is 10.8. The molecular weight excluding hydrogens is 630 g/mol. The summed E-state index contributed by atoms with van der Waals surface area (Å²) in [4.78, 5) is 36.9. The third-order valence-electron chi connectivity index (χ3n) is 9.79. The molecule has 4 aromatic heterocycles. The normalized spacial score (nSPS) is 19.7. The highest BCUT2D eigenvalue weighted by Crippen LogP contribution is 2.36. The number of benzene rings is 2. The monoisotopic (exact) mass is 662 g/mol. The molecule has 49 heavy (non-hydrogen) atoms. The lowest BCUT2D eigenvalue weighted by Crippen LogP contribution is -2.47. The van der Waals surface area contributed by atoms with Crippen LogP contribution in [0.15, 0.2) is 61.2 Å². The second-order valence-electron chi connectivity index (χ2n) is 13.1. The molecule has 0 radical (unpaired) electrons. The summed E-state index contributed by atoms with van der Waals surface area (Å²) in [6.07, 6.45) is 8.28. The number of hydrogen-bond donors (Lipinski definition) is 0. The molecule has 3 aliphatic rings. The van der Waals surface area contributed by atoms with Crippen molar-refractivity contribution in [3.05, 3.63) is 78.5 Å². The number of rotatable bonds is 4. The Morgan fingerprint density at radius 3 is 2.82 bits per heavy atom. The van der Waals surface area contributed by atoms with Gasteiger partial charge < -0.3 is 14.5 Å². The lowest BCUT2D eigenvalue weighted by atomic mass is 10.0. The van der Waals surface area contributed by atoms with Gasteiger partial charge in [-0.25, -0.2) is 28.4 Å². The molecular formula is C35H32F2N10O2. The molecule has 0 unspecified atom stereocenters. The molecule has 1 amide bonds. The molecule has 2 fully saturated rings. The van der Waals surface area contributed by atoms with E-state index in [-0.39, 0.29) is 17.6 Å². The van der Waals surface area contributed by atoms with Gasteiger partial charge in [0.15, 0.2) is 11.5 Å². The van der Waals surface area contributed by atoms with Crippen molar-refractivity contribution in [1.82, 2.24) is 44.4 Å². The van der Waals surface area contributed by atoms with Crippen LogP contribution in [0.1, 0.15) is 31.4 Å². The van der Waals surface area contributed by atoms with Gasteiger partial charge >= 0.3 is 6.01 Å². The van der Waals surface area contributed by atoms with Crippen LogP contribution in [0.2, 0.25) is 0 Å². The zero-order chi connectivity index (χ0) is 33.2. The summed E-state index contributed by atoms with van der Waals surface area (Å²) >= 11 is 0. The summed E-state index contributed by atoms with van der Waals surface area (Å²) < 4.78 is 38.2. The van der Waals surface area contributed by atoms with Gasteiger partial charge in [0.1, 0.15) is 35.8 Å². The molecule has 1 saturated carbocycles. The molecule has 1 aliphatic carbocycles. The van der Waals surface area contributed by atoms with E-state index in [9.17, 15) is 13.6 Å². The molecule has 6 heterocycles. The van der Waals surface area contributed by atoms with Gasteiger partial charge in [-0.2, -0.15) is 15.2 Å². The van der Waals surface area contributed by atoms with Crippen molar-refractivity contribution in [3.8, 4) is 23.0 Å². The van der Waals surface area contributed by atoms with E-state index in [4.69, 9.17) is 14.8 Å². The second kappa shape index (κ2) is 11.6. The number of aromatic nitrogens is 8. The van der Waals surface area contributed by atoms with Gasteiger partial charge in [0.05, 0.1) is 29.3 Å². The van der Waals surface area contributed by atoms with E-state index in [1.807, 2.05) is 45.8 Å². The summed E-state index contributed by atoms with van der Waals surface area (Å²) in [6.45, 7) is 1.61. The van der Waals surface area contributed by atoms with Crippen LogP contribution < -0.4 is 9.64 Å². The molecule has 6 aromatic rings. The zero-order valence-electron chi connectivity index (χ0n) is 26.7. The predicted molar refractivity (Wildman–Crippen MR) is 176 cm³/mol. The highest BCUT2D eigenvalue weighted by molar-refractivity contribution is 5.96. The van der Waals surface area contributed by atoms with Crippen molar-refractivity contribution in [1.29, 1.82) is 0 Å². The Bertz CT molecular complexity index is 2250. The summed E-state index contributed by atoms with van der Waals surface area (Å²) in [5.74, 6) is -0.486. The number of halogens is 2. The Hall–Kier alpha value is -5.53. The first-order valence-electron chi connectivity index (χ1n) is 16.6. The fourth-order valence-corrected chi connectivity index (χ4v) is 7.30. The van der Waals surface area contributed by atoms with Crippen LogP contribution in [0.3, 0.4) is 0 Å². The van der Waals surface area contributed by atoms with Gasteiger partial charge in [0.2, 0.25) is 5.91 Å². The van der Waals surface area contributed by atoms with Crippen molar-refractivity contribution in [3.63, 3.8) is 0 Å². The number of carbonyl (C=O) groups excluding carboxylic acids is 1. The summed E-state index contributed by atoms with van der Waals surface area (Å²) in [7, 11) is 1.96. The minimum absolute atomic E-state index is 0.00169. The first-order valence-corrected chi connectivity index (χ1v) is 16.6. The van der Waals surface area contributed by atoms with E-state index < -0.39 is 23.8 Å². The summed E-state index contributed by atoms with van der Waals surface area (Å²) in [5.41, 5.74) is 4.05. The smallest absolute Gasteiger partial charge is 0.317 e. The van der Waals surface area contributed by atoms with Crippen LogP contribution in [0, 0.1) is 17.6 Å². The molecule has 9 rings (SSSR count). The first kappa shape index (κ1) is 29.6. The molecule has 248 valence electrons. The van der Waals surface area contributed by atoms with Crippen molar-refractivity contribution in [2.45, 2.75) is 44.2 Å². The van der Waals surface area contributed by atoms with Crippen LogP contribution in [0.25, 0.3) is 38.9 Å². The standard InChI is InChI=1S/C35H32F2N10O2/c1-44-29-6-3-13-45(17-20-7-8-20)34(48)30-15-22(49-35-38-12-11-26(42-35)23-4-2-5-27(43-44)31(23)29)18-46(30)32-24-16-41-47(33(24)40-19-39-32)28-10-9-21(36)14-25(28)37/h2,4-5,9-12,14,16,19-20,22,30H,3,6-8,13,15,17-18H2,1H3/t22-,30-/m0/s1. The van der Waals surface area contributed by atoms with Crippen LogP contribution >= 0.6 is 0 Å². The fourth-order valence-electron chi connectivity index (χ4n) is 7.30. The molecule has 4 bridgehead atoms. The first-order chi connectivity index (χ1) is 23.9. The number of amides is 1. The van der Waals surface area contributed by atoms with Crippen molar-refractivity contribution in [2.24, 2.45) is 13.0 Å². The van der Waals surface area contributed by atoms with Gasteiger partial charge in [-0.05, 0) is 55.9 Å². The van der Waals surface area contributed by atoms with E-state index in [1.54, 1.807) is 12.4 Å². The van der Waals surface area contributed by atoms with Crippen molar-refractivity contribution < 1.29 is 18.3 Å². The molecule has 0 spiro atoms. The number of hydrogen-bond acceptors (Lipinski definition) is 9. The minimum Gasteiger partial charge on any atom is -0.458 e. The topological polar surface area (TPSA) is 120 Å². The molecule has 2 aromatic carbocycles. The molecule has 2 aliphatic heterocycles. The van der Waals surface area contributed by atoms with Crippen LogP contribution in [-0.4, -0.2) is 82.1 Å². The number of nitrogens with zero attached hydrogens (tertiary/aromatic N) is 10.